The molecule has 0 aromatic carbocycles. The van der Waals surface area contributed by atoms with Crippen LogP contribution in [0.3, 0.4) is 0 Å². The summed E-state index contributed by atoms with van der Waals surface area (Å²) in [6.45, 7) is 7.02. The molecule has 1 aromatic heterocycles. The molecule has 2 rings (SSSR count). The first-order valence-corrected chi connectivity index (χ1v) is 8.22. The number of piperidine rings is 1. The molecule has 122 valence electrons. The van der Waals surface area contributed by atoms with Crippen molar-refractivity contribution in [1.29, 1.82) is 0 Å². The van der Waals surface area contributed by atoms with Crippen molar-refractivity contribution in [2.75, 3.05) is 24.5 Å². The van der Waals surface area contributed by atoms with Gasteiger partial charge in [-0.2, -0.15) is 5.10 Å². The van der Waals surface area contributed by atoms with Crippen molar-refractivity contribution < 1.29 is 4.79 Å². The number of anilines is 1. The minimum atomic E-state index is -0.0668. The quantitative estimate of drug-likeness (QED) is 0.862. The smallest absolute Gasteiger partial charge is 0.268 e. The number of aryl methyl sites for hydroxylation is 1. The fourth-order valence-electron chi connectivity index (χ4n) is 2.90. The topological polar surface area (TPSA) is 67.2 Å². The molecule has 22 heavy (non-hydrogen) atoms. The van der Waals surface area contributed by atoms with Gasteiger partial charge in [-0.1, -0.05) is 6.92 Å². The molecule has 0 spiro atoms. The molecule has 1 aliphatic rings. The monoisotopic (exact) mass is 306 g/mol. The van der Waals surface area contributed by atoms with Crippen molar-refractivity contribution in [3.63, 3.8) is 0 Å². The number of amides is 1. The second kappa shape index (κ2) is 7.96. The first kappa shape index (κ1) is 16.5. The zero-order valence-electron chi connectivity index (χ0n) is 13.5. The van der Waals surface area contributed by atoms with Gasteiger partial charge in [0.25, 0.3) is 5.56 Å². The number of hydrogen-bond donors (Lipinski definition) is 1. The van der Waals surface area contributed by atoms with Crippen molar-refractivity contribution in [1.82, 2.24) is 15.1 Å². The van der Waals surface area contributed by atoms with Crippen molar-refractivity contribution in [3.8, 4) is 0 Å². The maximum absolute atomic E-state index is 11.9. The lowest BCUT2D eigenvalue weighted by Crippen LogP contribution is -2.39. The third kappa shape index (κ3) is 4.32. The molecule has 0 saturated carbocycles. The van der Waals surface area contributed by atoms with Crippen LogP contribution in [0.4, 0.5) is 5.69 Å². The molecule has 0 radical (unpaired) electrons. The van der Waals surface area contributed by atoms with Gasteiger partial charge in [-0.25, -0.2) is 4.68 Å². The maximum atomic E-state index is 11.9. The molecule has 2 heterocycles. The van der Waals surface area contributed by atoms with Crippen LogP contribution >= 0.6 is 0 Å². The molecule has 1 saturated heterocycles. The Labute approximate surface area is 131 Å². The summed E-state index contributed by atoms with van der Waals surface area (Å²) in [5.41, 5.74) is 0.802. The molecule has 1 N–H and O–H groups in total. The molecular formula is C16H26N4O2. The Morgan fingerprint density at radius 1 is 1.45 bits per heavy atom. The highest BCUT2D eigenvalue weighted by Gasteiger charge is 2.22. The Balaban J connectivity index is 1.97. The Kier molecular flexibility index (Phi) is 5.98. The average molecular weight is 306 g/mol. The lowest BCUT2D eigenvalue weighted by Gasteiger charge is -2.33. The van der Waals surface area contributed by atoms with Crippen LogP contribution in [-0.2, 0) is 11.3 Å². The Morgan fingerprint density at radius 2 is 2.27 bits per heavy atom. The summed E-state index contributed by atoms with van der Waals surface area (Å²) in [5.74, 6) is 0.479. The first-order valence-electron chi connectivity index (χ1n) is 8.22. The number of nitrogens with zero attached hydrogens (tertiary/aromatic N) is 3. The van der Waals surface area contributed by atoms with E-state index in [9.17, 15) is 9.59 Å². The lowest BCUT2D eigenvalue weighted by molar-refractivity contribution is -0.122. The minimum absolute atomic E-state index is 0.0668. The van der Waals surface area contributed by atoms with Gasteiger partial charge < -0.3 is 10.2 Å². The molecule has 1 fully saturated rings. The zero-order chi connectivity index (χ0) is 15.9. The molecule has 6 heteroatoms. The summed E-state index contributed by atoms with van der Waals surface area (Å²) in [6.07, 6.45) is 5.39. The second-order valence-electron chi connectivity index (χ2n) is 5.88. The highest BCUT2D eigenvalue weighted by atomic mass is 16.1. The van der Waals surface area contributed by atoms with Gasteiger partial charge in [0.05, 0.1) is 11.9 Å². The van der Waals surface area contributed by atoms with E-state index in [0.29, 0.717) is 18.9 Å². The largest absolute Gasteiger partial charge is 0.370 e. The molecule has 6 nitrogen and oxygen atoms in total. The zero-order valence-corrected chi connectivity index (χ0v) is 13.5. The third-order valence-electron chi connectivity index (χ3n) is 4.09. The van der Waals surface area contributed by atoms with E-state index in [2.05, 4.69) is 15.3 Å². The summed E-state index contributed by atoms with van der Waals surface area (Å²) >= 11 is 0. The predicted octanol–water partition coefficient (Wildman–Crippen LogP) is 1.40. The standard InChI is InChI=1S/C16H26N4O2/c1-3-7-17-15(21)9-13-6-5-8-19(12-13)14-10-16(22)20(4-2)18-11-14/h10-11,13H,3-9,12H2,1-2H3,(H,17,21). The number of nitrogens with one attached hydrogen (secondary N) is 1. The van der Waals surface area contributed by atoms with E-state index in [1.165, 1.54) is 4.68 Å². The number of hydrogen-bond acceptors (Lipinski definition) is 4. The first-order chi connectivity index (χ1) is 10.6. The van der Waals surface area contributed by atoms with Crippen LogP contribution in [-0.4, -0.2) is 35.3 Å². The number of aromatic nitrogens is 2. The van der Waals surface area contributed by atoms with Crippen molar-refractivity contribution in [2.24, 2.45) is 5.92 Å². The van der Waals surface area contributed by atoms with Crippen LogP contribution in [0.25, 0.3) is 0 Å². The van der Waals surface area contributed by atoms with E-state index in [4.69, 9.17) is 0 Å². The normalized spacial score (nSPS) is 18.3. The van der Waals surface area contributed by atoms with Gasteiger partial charge >= 0.3 is 0 Å². The summed E-state index contributed by atoms with van der Waals surface area (Å²) in [6, 6.07) is 1.65. The van der Waals surface area contributed by atoms with Crippen molar-refractivity contribution >= 4 is 11.6 Å². The highest BCUT2D eigenvalue weighted by Crippen LogP contribution is 2.23. The number of rotatable bonds is 6. The van der Waals surface area contributed by atoms with Crippen LogP contribution in [0.2, 0.25) is 0 Å². The summed E-state index contributed by atoms with van der Waals surface area (Å²) in [5, 5.41) is 7.12. The molecule has 1 aliphatic heterocycles. The van der Waals surface area contributed by atoms with Crippen LogP contribution in [0, 0.1) is 5.92 Å². The van der Waals surface area contributed by atoms with Gasteiger partial charge in [0.2, 0.25) is 5.91 Å². The summed E-state index contributed by atoms with van der Waals surface area (Å²) in [4.78, 5) is 25.9. The molecule has 1 unspecified atom stereocenters. The lowest BCUT2D eigenvalue weighted by atomic mass is 9.94. The minimum Gasteiger partial charge on any atom is -0.370 e. The molecule has 0 aliphatic carbocycles. The Morgan fingerprint density at radius 3 is 2.95 bits per heavy atom. The van der Waals surface area contributed by atoms with Crippen LogP contribution in [0.5, 0.6) is 0 Å². The predicted molar refractivity (Wildman–Crippen MR) is 87.0 cm³/mol. The van der Waals surface area contributed by atoms with Gasteiger partial charge in [-0.3, -0.25) is 9.59 Å². The second-order valence-corrected chi connectivity index (χ2v) is 5.88. The third-order valence-corrected chi connectivity index (χ3v) is 4.09. The van der Waals surface area contributed by atoms with Crippen molar-refractivity contribution in [3.05, 3.63) is 22.6 Å². The highest BCUT2D eigenvalue weighted by molar-refractivity contribution is 5.76. The van der Waals surface area contributed by atoms with Gasteiger partial charge in [0, 0.05) is 38.7 Å². The SMILES string of the molecule is CCCNC(=O)CC1CCCN(c2cnn(CC)c(=O)c2)C1. The molecule has 0 bridgehead atoms. The number of carbonyl (C=O) groups excluding carboxylic acids is 1. The van der Waals surface area contributed by atoms with E-state index in [1.807, 2.05) is 13.8 Å². The van der Waals surface area contributed by atoms with Crippen LogP contribution in [0.15, 0.2) is 17.1 Å². The van der Waals surface area contributed by atoms with Crippen LogP contribution < -0.4 is 15.8 Å². The molecule has 1 atom stereocenters. The average Bonchev–Trinajstić information content (AvgIpc) is 2.53. The van der Waals surface area contributed by atoms with E-state index in [1.54, 1.807) is 12.3 Å². The Hall–Kier alpha value is -1.85. The van der Waals surface area contributed by atoms with Crippen LogP contribution in [0.1, 0.15) is 39.5 Å². The summed E-state index contributed by atoms with van der Waals surface area (Å²) < 4.78 is 1.45. The van der Waals surface area contributed by atoms with Gasteiger partial charge in [0.15, 0.2) is 0 Å². The van der Waals surface area contributed by atoms with Gasteiger partial charge in [-0.15, -0.1) is 0 Å². The fourth-order valence-corrected chi connectivity index (χ4v) is 2.90. The fraction of sp³-hybridized carbons (Fsp3) is 0.688. The van der Waals surface area contributed by atoms with E-state index < -0.39 is 0 Å². The van der Waals surface area contributed by atoms with E-state index >= 15 is 0 Å². The summed E-state index contributed by atoms with van der Waals surface area (Å²) in [7, 11) is 0. The number of carbonyl (C=O) groups is 1. The molecule has 1 amide bonds. The van der Waals surface area contributed by atoms with Crippen molar-refractivity contribution in [2.45, 2.75) is 46.1 Å². The van der Waals surface area contributed by atoms with Gasteiger partial charge in [0.1, 0.15) is 0 Å². The van der Waals surface area contributed by atoms with E-state index in [-0.39, 0.29) is 11.5 Å². The Bertz CT molecular complexity index is 555. The van der Waals surface area contributed by atoms with E-state index in [0.717, 1.165) is 44.6 Å². The molecular weight excluding hydrogens is 280 g/mol. The van der Waals surface area contributed by atoms with Gasteiger partial charge in [-0.05, 0) is 32.1 Å². The molecule has 1 aromatic rings. The maximum Gasteiger partial charge on any atom is 0.268 e.